The van der Waals surface area contributed by atoms with Crippen LogP contribution in [0.15, 0.2) is 60.7 Å². The summed E-state index contributed by atoms with van der Waals surface area (Å²) in [5.74, 6) is 0.522. The molecular weight excluding hydrogens is 324 g/mol. The number of para-hydroxylation sites is 1. The molecule has 0 fully saturated rings. The van der Waals surface area contributed by atoms with E-state index in [1.165, 1.54) is 5.56 Å². The third-order valence-corrected chi connectivity index (χ3v) is 4.30. The van der Waals surface area contributed by atoms with E-state index in [0.717, 1.165) is 29.4 Å². The van der Waals surface area contributed by atoms with E-state index in [4.69, 9.17) is 4.74 Å². The number of carbonyl (C=O) groups excluding carboxylic acids is 1. The highest BCUT2D eigenvalue weighted by Crippen LogP contribution is 2.23. The maximum atomic E-state index is 12.2. The summed E-state index contributed by atoms with van der Waals surface area (Å²) in [4.78, 5) is 16.7. The lowest BCUT2D eigenvalue weighted by molar-refractivity contribution is -0.123. The zero-order valence-corrected chi connectivity index (χ0v) is 15.2. The number of ether oxygens (including phenoxy) is 1. The van der Waals surface area contributed by atoms with Crippen molar-refractivity contribution in [3.8, 4) is 5.75 Å². The van der Waals surface area contributed by atoms with Crippen LogP contribution < -0.4 is 10.1 Å². The van der Waals surface area contributed by atoms with Crippen LogP contribution in [0.25, 0.3) is 10.9 Å². The van der Waals surface area contributed by atoms with Gasteiger partial charge in [0.1, 0.15) is 11.3 Å². The van der Waals surface area contributed by atoms with Crippen LogP contribution in [0.3, 0.4) is 0 Å². The van der Waals surface area contributed by atoms with Gasteiger partial charge in [0.2, 0.25) is 0 Å². The fourth-order valence-electron chi connectivity index (χ4n) is 2.89. The number of nitrogens with zero attached hydrogens (tertiary/aromatic N) is 1. The van der Waals surface area contributed by atoms with Gasteiger partial charge >= 0.3 is 0 Å². The Morgan fingerprint density at radius 1 is 1.08 bits per heavy atom. The molecule has 1 unspecified atom stereocenters. The summed E-state index contributed by atoms with van der Waals surface area (Å²) >= 11 is 0. The molecule has 0 saturated heterocycles. The van der Waals surface area contributed by atoms with Crippen LogP contribution in [0, 0.1) is 6.92 Å². The van der Waals surface area contributed by atoms with Gasteiger partial charge in [0, 0.05) is 17.1 Å². The average molecular weight is 348 g/mol. The van der Waals surface area contributed by atoms with Crippen molar-refractivity contribution >= 4 is 16.8 Å². The number of aryl methyl sites for hydroxylation is 2. The topological polar surface area (TPSA) is 51.2 Å². The van der Waals surface area contributed by atoms with Crippen LogP contribution in [0.1, 0.15) is 24.6 Å². The summed E-state index contributed by atoms with van der Waals surface area (Å²) in [6.45, 7) is 3.95. The number of rotatable bonds is 7. The van der Waals surface area contributed by atoms with Crippen molar-refractivity contribution in [2.24, 2.45) is 0 Å². The van der Waals surface area contributed by atoms with Gasteiger partial charge in [-0.05, 0) is 44.4 Å². The first kappa shape index (κ1) is 17.9. The average Bonchev–Trinajstić information content (AvgIpc) is 2.65. The van der Waals surface area contributed by atoms with E-state index >= 15 is 0 Å². The molecule has 2 aromatic carbocycles. The lowest BCUT2D eigenvalue weighted by Crippen LogP contribution is -2.36. The van der Waals surface area contributed by atoms with Crippen LogP contribution in [-0.4, -0.2) is 23.5 Å². The van der Waals surface area contributed by atoms with Gasteiger partial charge in [0.15, 0.2) is 6.61 Å². The summed E-state index contributed by atoms with van der Waals surface area (Å²) in [6, 6.07) is 20.1. The third-order valence-electron chi connectivity index (χ3n) is 4.30. The Bertz CT molecular complexity index is 878. The Labute approximate surface area is 154 Å². The molecule has 1 N–H and O–H groups in total. The number of hydrogen-bond acceptors (Lipinski definition) is 3. The van der Waals surface area contributed by atoms with Crippen molar-refractivity contribution < 1.29 is 9.53 Å². The van der Waals surface area contributed by atoms with Gasteiger partial charge in [-0.2, -0.15) is 0 Å². The zero-order valence-electron chi connectivity index (χ0n) is 15.2. The molecule has 0 aliphatic rings. The molecule has 0 aliphatic carbocycles. The van der Waals surface area contributed by atoms with Gasteiger partial charge in [-0.15, -0.1) is 0 Å². The Balaban J connectivity index is 1.52. The summed E-state index contributed by atoms with van der Waals surface area (Å²) in [5, 5.41) is 4.00. The van der Waals surface area contributed by atoms with Crippen LogP contribution in [0.2, 0.25) is 0 Å². The Kier molecular flexibility index (Phi) is 5.84. The van der Waals surface area contributed by atoms with Crippen molar-refractivity contribution in [2.45, 2.75) is 32.7 Å². The number of amides is 1. The lowest BCUT2D eigenvalue weighted by Gasteiger charge is -2.15. The molecule has 1 heterocycles. The molecular formula is C22H24N2O2. The number of pyridine rings is 1. The van der Waals surface area contributed by atoms with Gasteiger partial charge in [0.05, 0.1) is 0 Å². The molecule has 4 heteroatoms. The van der Waals surface area contributed by atoms with E-state index in [9.17, 15) is 4.79 Å². The molecule has 26 heavy (non-hydrogen) atoms. The molecule has 4 nitrogen and oxygen atoms in total. The molecule has 0 bridgehead atoms. The fourth-order valence-corrected chi connectivity index (χ4v) is 2.89. The largest absolute Gasteiger partial charge is 0.481 e. The quantitative estimate of drug-likeness (QED) is 0.700. The first-order valence-corrected chi connectivity index (χ1v) is 8.94. The predicted octanol–water partition coefficient (Wildman–Crippen LogP) is 4.06. The van der Waals surface area contributed by atoms with Crippen molar-refractivity contribution in [3.05, 3.63) is 71.9 Å². The van der Waals surface area contributed by atoms with E-state index in [2.05, 4.69) is 22.4 Å². The summed E-state index contributed by atoms with van der Waals surface area (Å²) in [6.07, 6.45) is 1.83. The van der Waals surface area contributed by atoms with E-state index in [1.807, 2.05) is 62.4 Å². The van der Waals surface area contributed by atoms with Crippen molar-refractivity contribution in [3.63, 3.8) is 0 Å². The molecule has 3 aromatic rings. The molecule has 134 valence electrons. The maximum Gasteiger partial charge on any atom is 0.258 e. The second-order valence-corrected chi connectivity index (χ2v) is 6.56. The minimum absolute atomic E-state index is 0.00951. The molecule has 0 aliphatic heterocycles. The molecule has 0 spiro atoms. The summed E-state index contributed by atoms with van der Waals surface area (Å²) < 4.78 is 5.73. The van der Waals surface area contributed by atoms with Gasteiger partial charge in [-0.1, -0.05) is 48.5 Å². The normalized spacial score (nSPS) is 11.9. The first-order chi connectivity index (χ1) is 12.6. The molecule has 0 saturated carbocycles. The van der Waals surface area contributed by atoms with Crippen molar-refractivity contribution in [1.82, 2.24) is 10.3 Å². The highest BCUT2D eigenvalue weighted by molar-refractivity contribution is 5.85. The van der Waals surface area contributed by atoms with Gasteiger partial charge in [-0.25, -0.2) is 4.98 Å². The first-order valence-electron chi connectivity index (χ1n) is 8.94. The molecule has 1 amide bonds. The second-order valence-electron chi connectivity index (χ2n) is 6.56. The molecule has 0 radical (unpaired) electrons. The van der Waals surface area contributed by atoms with E-state index in [1.54, 1.807) is 0 Å². The third kappa shape index (κ3) is 4.82. The van der Waals surface area contributed by atoms with Crippen LogP contribution in [0.5, 0.6) is 5.75 Å². The number of aromatic nitrogens is 1. The van der Waals surface area contributed by atoms with E-state index < -0.39 is 0 Å². The zero-order chi connectivity index (χ0) is 18.4. The number of hydrogen-bond donors (Lipinski definition) is 1. The second kappa shape index (κ2) is 8.48. The van der Waals surface area contributed by atoms with E-state index in [-0.39, 0.29) is 18.6 Å². The minimum Gasteiger partial charge on any atom is -0.481 e. The van der Waals surface area contributed by atoms with Crippen molar-refractivity contribution in [2.75, 3.05) is 6.61 Å². The highest BCUT2D eigenvalue weighted by Gasteiger charge is 2.10. The lowest BCUT2D eigenvalue weighted by atomic mass is 10.1. The van der Waals surface area contributed by atoms with Crippen LogP contribution in [-0.2, 0) is 11.2 Å². The van der Waals surface area contributed by atoms with E-state index in [0.29, 0.717) is 5.75 Å². The summed E-state index contributed by atoms with van der Waals surface area (Å²) in [7, 11) is 0. The summed E-state index contributed by atoms with van der Waals surface area (Å²) in [5.41, 5.74) is 2.99. The standard InChI is InChI=1S/C22H24N2O2/c1-16(11-13-18-7-4-3-5-8-18)23-21(25)15-26-20-10-6-9-19-14-12-17(2)24-22(19)20/h3-10,12,14,16H,11,13,15H2,1-2H3,(H,23,25). The predicted molar refractivity (Wildman–Crippen MR) is 104 cm³/mol. The number of nitrogens with one attached hydrogen (secondary N) is 1. The molecule has 3 rings (SSSR count). The number of carbonyl (C=O) groups is 1. The van der Waals surface area contributed by atoms with Crippen molar-refractivity contribution in [1.29, 1.82) is 0 Å². The monoisotopic (exact) mass is 348 g/mol. The maximum absolute atomic E-state index is 12.2. The van der Waals surface area contributed by atoms with Gasteiger partial charge in [0.25, 0.3) is 5.91 Å². The minimum atomic E-state index is -0.116. The highest BCUT2D eigenvalue weighted by atomic mass is 16.5. The molecule has 1 atom stereocenters. The molecule has 1 aromatic heterocycles. The van der Waals surface area contributed by atoms with Crippen LogP contribution in [0.4, 0.5) is 0 Å². The van der Waals surface area contributed by atoms with Gasteiger partial charge in [-0.3, -0.25) is 4.79 Å². The Morgan fingerprint density at radius 2 is 1.88 bits per heavy atom. The Hall–Kier alpha value is -2.88. The van der Waals surface area contributed by atoms with Gasteiger partial charge < -0.3 is 10.1 Å². The van der Waals surface area contributed by atoms with Crippen LogP contribution >= 0.6 is 0 Å². The number of benzene rings is 2. The fraction of sp³-hybridized carbons (Fsp3) is 0.273. The smallest absolute Gasteiger partial charge is 0.258 e. The Morgan fingerprint density at radius 3 is 2.69 bits per heavy atom. The SMILES string of the molecule is Cc1ccc2cccc(OCC(=O)NC(C)CCc3ccccc3)c2n1. The number of fused-ring (bicyclic) bond motifs is 1.